The van der Waals surface area contributed by atoms with Crippen molar-refractivity contribution in [1.82, 2.24) is 0 Å². The lowest BCUT2D eigenvalue weighted by Gasteiger charge is -2.32. The van der Waals surface area contributed by atoms with Crippen molar-refractivity contribution in [1.29, 1.82) is 0 Å². The summed E-state index contributed by atoms with van der Waals surface area (Å²) in [6.07, 6.45) is 4.49. The zero-order chi connectivity index (χ0) is 58.0. The van der Waals surface area contributed by atoms with E-state index in [0.717, 1.165) is 27.8 Å². The van der Waals surface area contributed by atoms with Gasteiger partial charge in [-0.1, -0.05) is 60.7 Å². The Morgan fingerprint density at radius 2 is 0.949 bits per heavy atom. The molecule has 0 radical (unpaired) electrons. The van der Waals surface area contributed by atoms with E-state index in [0.29, 0.717) is 57.6 Å². The number of ether oxygens (including phenoxy) is 10. The van der Waals surface area contributed by atoms with Crippen LogP contribution < -0.4 is 18.9 Å². The Bertz CT molecular complexity index is 2820. The number of hydrogen-bond donors (Lipinski definition) is 0. The summed E-state index contributed by atoms with van der Waals surface area (Å²) >= 11 is 0. The van der Waals surface area contributed by atoms with Crippen LogP contribution in [-0.4, -0.2) is 84.9 Å². The van der Waals surface area contributed by atoms with E-state index in [1.165, 1.54) is 0 Å². The third-order valence-electron chi connectivity index (χ3n) is 11.0. The number of rotatable bonds is 21. The van der Waals surface area contributed by atoms with Crippen molar-refractivity contribution in [3.05, 3.63) is 143 Å². The molecule has 0 fully saturated rings. The van der Waals surface area contributed by atoms with Gasteiger partial charge in [0.15, 0.2) is 26.4 Å². The van der Waals surface area contributed by atoms with Gasteiger partial charge in [-0.05, 0) is 189 Å². The van der Waals surface area contributed by atoms with Crippen LogP contribution in [0.3, 0.4) is 0 Å². The standard InChI is InChI=1S/C64H82O14/c1-40-31-41(2)59(73-39-57(68)78-64(16,17)18)51(32-40)58(49-33-45(23-29-52(49)71-37-55(66)76-62(10,11)12)43-19-25-47(26-20-43)69-35-42(3)74-60(4,5)6)50-34-46(24-30-53(50)72-38-56(67)77-63(13,14)15)44-21-27-48(28-22-44)70-36-54(65)75-61(7,8)9/h19-23,25-34,46,58H,3,24,35-39H2,1-2,4-18H3. The molecule has 0 amide bonds. The van der Waals surface area contributed by atoms with Crippen LogP contribution >= 0.6 is 0 Å². The lowest BCUT2D eigenvalue weighted by atomic mass is 9.76. The number of carbonyl (C=O) groups excluding carboxylic acids is 4. The molecule has 78 heavy (non-hydrogen) atoms. The minimum Gasteiger partial charge on any atom is -0.489 e. The largest absolute Gasteiger partial charge is 0.489 e. The Morgan fingerprint density at radius 1 is 0.500 bits per heavy atom. The molecule has 2 unspecified atom stereocenters. The number of aryl methyl sites for hydroxylation is 2. The van der Waals surface area contributed by atoms with E-state index in [1.807, 2.05) is 107 Å². The van der Waals surface area contributed by atoms with Gasteiger partial charge in [0.05, 0.1) is 0 Å². The van der Waals surface area contributed by atoms with Crippen LogP contribution in [0.25, 0.3) is 11.1 Å². The molecule has 4 aromatic rings. The fraction of sp³-hybridized carbons (Fsp3) is 0.469. The fourth-order valence-corrected chi connectivity index (χ4v) is 8.53. The van der Waals surface area contributed by atoms with Gasteiger partial charge in [-0.15, -0.1) is 0 Å². The number of hydrogen-bond acceptors (Lipinski definition) is 14. The Kier molecular flexibility index (Phi) is 20.1. The maximum Gasteiger partial charge on any atom is 0.344 e. The summed E-state index contributed by atoms with van der Waals surface area (Å²) in [6.45, 7) is 33.9. The van der Waals surface area contributed by atoms with Gasteiger partial charge in [0, 0.05) is 28.5 Å². The average molecular weight is 1080 g/mol. The van der Waals surface area contributed by atoms with Crippen LogP contribution in [0.4, 0.5) is 0 Å². The number of benzene rings is 4. The second kappa shape index (κ2) is 25.5. The Hall–Kier alpha value is -7.22. The van der Waals surface area contributed by atoms with E-state index in [9.17, 15) is 19.2 Å². The minimum absolute atomic E-state index is 0.161. The molecule has 0 bridgehead atoms. The van der Waals surface area contributed by atoms with Crippen molar-refractivity contribution in [2.75, 3.05) is 33.0 Å². The van der Waals surface area contributed by atoms with E-state index in [2.05, 4.69) is 12.7 Å². The maximum absolute atomic E-state index is 13.5. The lowest BCUT2D eigenvalue weighted by molar-refractivity contribution is -0.159. The highest BCUT2D eigenvalue weighted by Crippen LogP contribution is 2.49. The van der Waals surface area contributed by atoms with Crippen LogP contribution in [0, 0.1) is 13.8 Å². The summed E-state index contributed by atoms with van der Waals surface area (Å²) in [4.78, 5) is 52.9. The summed E-state index contributed by atoms with van der Waals surface area (Å²) in [5.74, 6) is -0.621. The highest BCUT2D eigenvalue weighted by molar-refractivity contribution is 5.75. The second-order valence-electron chi connectivity index (χ2n) is 24.4. The highest BCUT2D eigenvalue weighted by Gasteiger charge is 2.35. The predicted octanol–water partition coefficient (Wildman–Crippen LogP) is 13.3. The smallest absolute Gasteiger partial charge is 0.344 e. The first-order valence-electron chi connectivity index (χ1n) is 26.4. The topological polar surface area (TPSA) is 161 Å². The van der Waals surface area contributed by atoms with Gasteiger partial charge in [0.25, 0.3) is 0 Å². The van der Waals surface area contributed by atoms with Crippen molar-refractivity contribution in [2.24, 2.45) is 0 Å². The Morgan fingerprint density at radius 3 is 1.46 bits per heavy atom. The van der Waals surface area contributed by atoms with Crippen LogP contribution in [-0.2, 0) is 47.6 Å². The van der Waals surface area contributed by atoms with Crippen molar-refractivity contribution >= 4 is 23.9 Å². The fourth-order valence-electron chi connectivity index (χ4n) is 8.53. The first-order chi connectivity index (χ1) is 36.1. The molecule has 4 aromatic carbocycles. The quantitative estimate of drug-likeness (QED) is 0.0440. The van der Waals surface area contributed by atoms with Crippen LogP contribution in [0.5, 0.6) is 23.0 Å². The third kappa shape index (κ3) is 20.3. The lowest BCUT2D eigenvalue weighted by Crippen LogP contribution is -2.28. The molecule has 422 valence electrons. The number of carbonyl (C=O) groups is 4. The van der Waals surface area contributed by atoms with E-state index >= 15 is 0 Å². The molecule has 5 rings (SSSR count). The van der Waals surface area contributed by atoms with Crippen molar-refractivity contribution in [3.8, 4) is 34.1 Å². The molecule has 0 heterocycles. The predicted molar refractivity (Wildman–Crippen MR) is 301 cm³/mol. The molecule has 0 saturated heterocycles. The molecule has 1 aliphatic rings. The maximum atomic E-state index is 13.5. The van der Waals surface area contributed by atoms with E-state index in [4.69, 9.17) is 47.4 Å². The summed E-state index contributed by atoms with van der Waals surface area (Å²) in [7, 11) is 0. The molecule has 2 atom stereocenters. The molecular weight excluding hydrogens is 993 g/mol. The second-order valence-corrected chi connectivity index (χ2v) is 24.4. The van der Waals surface area contributed by atoms with Crippen LogP contribution in [0.2, 0.25) is 0 Å². The molecule has 0 aliphatic heterocycles. The molecule has 14 nitrogen and oxygen atoms in total. The van der Waals surface area contributed by atoms with E-state index < -0.39 is 77.6 Å². The van der Waals surface area contributed by atoms with Crippen molar-refractivity contribution in [2.45, 2.75) is 164 Å². The molecule has 0 spiro atoms. The van der Waals surface area contributed by atoms with Crippen molar-refractivity contribution < 1.29 is 66.5 Å². The first kappa shape index (κ1) is 61.6. The summed E-state index contributed by atoms with van der Waals surface area (Å²) in [6, 6.07) is 24.7. The van der Waals surface area contributed by atoms with Gasteiger partial charge in [0.1, 0.15) is 69.1 Å². The molecule has 1 aliphatic carbocycles. The average Bonchev–Trinajstić information content (AvgIpc) is 3.29. The van der Waals surface area contributed by atoms with Gasteiger partial charge in [-0.25, -0.2) is 19.2 Å². The number of allylic oxidation sites excluding steroid dienone is 3. The summed E-state index contributed by atoms with van der Waals surface area (Å²) in [5, 5.41) is 0. The summed E-state index contributed by atoms with van der Waals surface area (Å²) in [5.41, 5.74) is 2.53. The normalized spacial score (nSPS) is 14.4. The zero-order valence-electron chi connectivity index (χ0n) is 49.0. The van der Waals surface area contributed by atoms with Gasteiger partial charge in [-0.2, -0.15) is 0 Å². The molecule has 0 N–H and O–H groups in total. The van der Waals surface area contributed by atoms with E-state index in [-0.39, 0.29) is 19.1 Å². The first-order valence-corrected chi connectivity index (χ1v) is 26.4. The highest BCUT2D eigenvalue weighted by atomic mass is 16.6. The van der Waals surface area contributed by atoms with Gasteiger partial charge >= 0.3 is 23.9 Å². The molecule has 0 saturated carbocycles. The SMILES string of the molecule is C=C(COc1ccc(-c2ccc(OCC(=O)OC(C)(C)C)c(C(C3=CC(c4ccc(OCC(=O)OC(C)(C)C)cc4)CC=C3OCC(=O)OC(C)(C)C)c3cc(C)cc(C)c3OCC(=O)OC(C)(C)C)c2)cc1)OC(C)(C)C. The number of esters is 4. The van der Waals surface area contributed by atoms with Gasteiger partial charge in [-0.3, -0.25) is 0 Å². The van der Waals surface area contributed by atoms with Gasteiger partial charge in [0.2, 0.25) is 0 Å². The minimum atomic E-state index is -0.841. The zero-order valence-corrected chi connectivity index (χ0v) is 49.0. The van der Waals surface area contributed by atoms with Crippen LogP contribution in [0.15, 0.2) is 115 Å². The molecular formula is C64H82O14. The van der Waals surface area contributed by atoms with Crippen molar-refractivity contribution in [3.63, 3.8) is 0 Å². The summed E-state index contributed by atoms with van der Waals surface area (Å²) < 4.78 is 60.0. The molecule has 14 heteroatoms. The monoisotopic (exact) mass is 1070 g/mol. The van der Waals surface area contributed by atoms with Gasteiger partial charge < -0.3 is 47.4 Å². The Labute approximate surface area is 462 Å². The Balaban J connectivity index is 1.76. The van der Waals surface area contributed by atoms with Crippen LogP contribution in [0.1, 0.15) is 150 Å². The molecule has 0 aromatic heterocycles. The van der Waals surface area contributed by atoms with E-state index in [1.54, 1.807) is 95.2 Å². The third-order valence-corrected chi connectivity index (χ3v) is 11.0.